The molecule has 0 unspecified atom stereocenters. The van der Waals surface area contributed by atoms with Crippen LogP contribution in [0, 0.1) is 0 Å². The van der Waals surface area contributed by atoms with Crippen LogP contribution in [0.1, 0.15) is 10.4 Å². The average Bonchev–Trinajstić information content (AvgIpc) is 2.71. The van der Waals surface area contributed by atoms with Gasteiger partial charge in [0.05, 0.1) is 16.4 Å². The normalized spacial score (nSPS) is 10.4. The first-order valence-corrected chi connectivity index (χ1v) is 8.81. The van der Waals surface area contributed by atoms with Gasteiger partial charge in [-0.3, -0.25) is 14.4 Å². The van der Waals surface area contributed by atoms with E-state index in [1.165, 1.54) is 25.2 Å². The topological polar surface area (TPSA) is 93.1 Å². The Kier molecular flexibility index (Phi) is 5.86. The van der Waals surface area contributed by atoms with Crippen molar-refractivity contribution in [1.29, 1.82) is 0 Å². The van der Waals surface area contributed by atoms with E-state index in [2.05, 4.69) is 15.7 Å². The van der Waals surface area contributed by atoms with E-state index in [1.54, 1.807) is 12.1 Å². The molecule has 0 saturated heterocycles. The van der Waals surface area contributed by atoms with Crippen LogP contribution in [0.2, 0.25) is 5.02 Å². The van der Waals surface area contributed by atoms with Crippen LogP contribution in [0.25, 0.3) is 11.3 Å². The van der Waals surface area contributed by atoms with Gasteiger partial charge in [-0.05, 0) is 24.3 Å². The summed E-state index contributed by atoms with van der Waals surface area (Å²) in [6.07, 6.45) is 0. The monoisotopic (exact) mass is 396 g/mol. The largest absolute Gasteiger partial charge is 0.355 e. The fraction of sp³-hybridized carbons (Fsp3) is 0.100. The summed E-state index contributed by atoms with van der Waals surface area (Å²) in [6, 6.07) is 16.8. The number of nitrogens with zero attached hydrogens (tertiary/aromatic N) is 2. The number of anilines is 1. The zero-order valence-electron chi connectivity index (χ0n) is 15.0. The summed E-state index contributed by atoms with van der Waals surface area (Å²) in [5.41, 5.74) is 1.63. The molecular weight excluding hydrogens is 380 g/mol. The van der Waals surface area contributed by atoms with Gasteiger partial charge in [0.15, 0.2) is 0 Å². The molecule has 1 heterocycles. The van der Waals surface area contributed by atoms with E-state index < -0.39 is 11.5 Å². The van der Waals surface area contributed by atoms with Crippen molar-refractivity contribution in [2.24, 2.45) is 0 Å². The van der Waals surface area contributed by atoms with Gasteiger partial charge in [-0.25, -0.2) is 4.68 Å². The predicted molar refractivity (Wildman–Crippen MR) is 107 cm³/mol. The lowest BCUT2D eigenvalue weighted by Crippen LogP contribution is -2.29. The highest BCUT2D eigenvalue weighted by molar-refractivity contribution is 6.33. The zero-order chi connectivity index (χ0) is 20.1. The molecule has 2 amide bonds. The number of hydrogen-bond donors (Lipinski definition) is 2. The van der Waals surface area contributed by atoms with Gasteiger partial charge in [0.25, 0.3) is 11.5 Å². The number of benzene rings is 2. The van der Waals surface area contributed by atoms with Crippen LogP contribution in [0.15, 0.2) is 65.5 Å². The first kappa shape index (κ1) is 19.3. The van der Waals surface area contributed by atoms with Crippen LogP contribution < -0.4 is 16.2 Å². The minimum atomic E-state index is -0.490. The molecular formula is C20H17ClN4O3. The highest BCUT2D eigenvalue weighted by Crippen LogP contribution is 2.23. The van der Waals surface area contributed by atoms with Crippen LogP contribution in [-0.2, 0) is 11.3 Å². The highest BCUT2D eigenvalue weighted by Gasteiger charge is 2.12. The van der Waals surface area contributed by atoms with Gasteiger partial charge < -0.3 is 10.6 Å². The molecule has 7 nitrogen and oxygen atoms in total. The van der Waals surface area contributed by atoms with Crippen LogP contribution in [-0.4, -0.2) is 28.6 Å². The summed E-state index contributed by atoms with van der Waals surface area (Å²) in [4.78, 5) is 36.2. The van der Waals surface area contributed by atoms with Crippen molar-refractivity contribution in [3.05, 3.63) is 81.6 Å². The molecule has 3 aromatic rings. The predicted octanol–water partition coefficient (Wildman–Crippen LogP) is 2.56. The molecule has 0 atom stereocenters. The Bertz CT molecular complexity index is 1080. The molecule has 0 aliphatic heterocycles. The average molecular weight is 397 g/mol. The van der Waals surface area contributed by atoms with Crippen molar-refractivity contribution in [3.8, 4) is 11.3 Å². The van der Waals surface area contributed by atoms with Crippen molar-refractivity contribution in [2.75, 3.05) is 12.4 Å². The zero-order valence-corrected chi connectivity index (χ0v) is 15.7. The number of amides is 2. The van der Waals surface area contributed by atoms with Gasteiger partial charge in [-0.1, -0.05) is 41.9 Å². The summed E-state index contributed by atoms with van der Waals surface area (Å²) < 4.78 is 1.08. The summed E-state index contributed by atoms with van der Waals surface area (Å²) in [7, 11) is 1.51. The van der Waals surface area contributed by atoms with Gasteiger partial charge in [0.1, 0.15) is 6.54 Å². The van der Waals surface area contributed by atoms with E-state index in [9.17, 15) is 14.4 Å². The minimum absolute atomic E-state index is 0.277. The van der Waals surface area contributed by atoms with Crippen molar-refractivity contribution >= 4 is 29.1 Å². The molecule has 0 radical (unpaired) electrons. The standard InChI is InChI=1S/C20H17ClN4O3/c1-22-20(28)14-7-8-15(21)17(11-14)23-18(26)12-25-19(27)10-9-16(24-25)13-5-3-2-4-6-13/h2-11H,12H2,1H3,(H,22,28)(H,23,26). The van der Waals surface area contributed by atoms with Crippen LogP contribution in [0.4, 0.5) is 5.69 Å². The van der Waals surface area contributed by atoms with Gasteiger partial charge in [-0.15, -0.1) is 0 Å². The lowest BCUT2D eigenvalue weighted by Gasteiger charge is -2.10. The Morgan fingerprint density at radius 3 is 2.54 bits per heavy atom. The SMILES string of the molecule is CNC(=O)c1ccc(Cl)c(NC(=O)Cn2nc(-c3ccccc3)ccc2=O)c1. The van der Waals surface area contributed by atoms with Gasteiger partial charge in [-0.2, -0.15) is 5.10 Å². The Morgan fingerprint density at radius 1 is 1.07 bits per heavy atom. The van der Waals surface area contributed by atoms with E-state index in [1.807, 2.05) is 30.3 Å². The number of nitrogens with one attached hydrogen (secondary N) is 2. The summed E-state index contributed by atoms with van der Waals surface area (Å²) in [5.74, 6) is -0.795. The molecule has 2 aromatic carbocycles. The van der Waals surface area contributed by atoms with E-state index in [0.717, 1.165) is 10.2 Å². The second-order valence-corrected chi connectivity index (χ2v) is 6.31. The molecule has 1 aromatic heterocycles. The van der Waals surface area contributed by atoms with E-state index in [4.69, 9.17) is 11.6 Å². The Balaban J connectivity index is 1.80. The van der Waals surface area contributed by atoms with Crippen molar-refractivity contribution in [1.82, 2.24) is 15.1 Å². The molecule has 0 spiro atoms. The molecule has 28 heavy (non-hydrogen) atoms. The van der Waals surface area contributed by atoms with Gasteiger partial charge in [0.2, 0.25) is 5.91 Å². The summed E-state index contributed by atoms with van der Waals surface area (Å²) in [5, 5.41) is 9.64. The molecule has 3 rings (SSSR count). The molecule has 0 bridgehead atoms. The van der Waals surface area contributed by atoms with Gasteiger partial charge in [0, 0.05) is 24.2 Å². The second kappa shape index (κ2) is 8.49. The Morgan fingerprint density at radius 2 is 1.82 bits per heavy atom. The molecule has 142 valence electrons. The Labute approximate surface area is 166 Å². The van der Waals surface area contributed by atoms with Crippen molar-refractivity contribution in [3.63, 3.8) is 0 Å². The van der Waals surface area contributed by atoms with E-state index in [0.29, 0.717) is 11.3 Å². The number of hydrogen-bond acceptors (Lipinski definition) is 4. The third kappa shape index (κ3) is 4.44. The maximum Gasteiger partial charge on any atom is 0.267 e. The number of aromatic nitrogens is 2. The summed E-state index contributed by atoms with van der Waals surface area (Å²) >= 11 is 6.10. The third-order valence-corrected chi connectivity index (χ3v) is 4.29. The van der Waals surface area contributed by atoms with E-state index in [-0.39, 0.29) is 23.2 Å². The number of carbonyl (C=O) groups excluding carboxylic acids is 2. The smallest absolute Gasteiger partial charge is 0.267 e. The fourth-order valence-corrected chi connectivity index (χ4v) is 2.72. The molecule has 0 aliphatic rings. The van der Waals surface area contributed by atoms with Crippen LogP contribution in [0.3, 0.4) is 0 Å². The number of carbonyl (C=O) groups is 2. The quantitative estimate of drug-likeness (QED) is 0.693. The summed E-state index contributed by atoms with van der Waals surface area (Å²) in [6.45, 7) is -0.292. The molecule has 8 heteroatoms. The lowest BCUT2D eigenvalue weighted by molar-refractivity contribution is -0.117. The minimum Gasteiger partial charge on any atom is -0.355 e. The van der Waals surface area contributed by atoms with E-state index >= 15 is 0 Å². The molecule has 2 N–H and O–H groups in total. The molecule has 0 saturated carbocycles. The first-order chi connectivity index (χ1) is 13.5. The second-order valence-electron chi connectivity index (χ2n) is 5.90. The van der Waals surface area contributed by atoms with Gasteiger partial charge >= 0.3 is 0 Å². The Hall–Kier alpha value is -3.45. The molecule has 0 fully saturated rings. The maximum atomic E-state index is 12.4. The lowest BCUT2D eigenvalue weighted by atomic mass is 10.1. The molecule has 0 aliphatic carbocycles. The fourth-order valence-electron chi connectivity index (χ4n) is 2.56. The number of halogens is 1. The maximum absolute atomic E-state index is 12.4. The van der Waals surface area contributed by atoms with Crippen molar-refractivity contribution in [2.45, 2.75) is 6.54 Å². The van der Waals surface area contributed by atoms with Crippen LogP contribution in [0.5, 0.6) is 0 Å². The van der Waals surface area contributed by atoms with Crippen LogP contribution >= 0.6 is 11.6 Å². The highest BCUT2D eigenvalue weighted by atomic mass is 35.5. The third-order valence-electron chi connectivity index (χ3n) is 3.96. The van der Waals surface area contributed by atoms with Crippen molar-refractivity contribution < 1.29 is 9.59 Å². The first-order valence-electron chi connectivity index (χ1n) is 8.43. The number of rotatable bonds is 5.